The lowest BCUT2D eigenvalue weighted by Gasteiger charge is -2.58. The number of carbonyl (C=O) groups is 3. The minimum atomic E-state index is -2.96. The number of imide groups is 1. The number of halogens is 2. The molecule has 4 fully saturated rings. The Morgan fingerprint density at radius 2 is 1.84 bits per heavy atom. The van der Waals surface area contributed by atoms with Crippen LogP contribution in [0.2, 0.25) is 0 Å². The molecule has 6 heterocycles. The lowest BCUT2D eigenvalue weighted by Crippen LogP contribution is -2.70. The van der Waals surface area contributed by atoms with Gasteiger partial charge in [-0.3, -0.25) is 43.4 Å². The van der Waals surface area contributed by atoms with Crippen LogP contribution in [0.25, 0.3) is 21.9 Å². The van der Waals surface area contributed by atoms with E-state index in [0.717, 1.165) is 31.1 Å². The number of fused-ring (bicyclic) bond motifs is 2. The summed E-state index contributed by atoms with van der Waals surface area (Å²) in [7, 11) is 3.09. The minimum Gasteiger partial charge on any atom is -0.494 e. The van der Waals surface area contributed by atoms with Gasteiger partial charge in [-0.2, -0.15) is 10.4 Å². The van der Waals surface area contributed by atoms with E-state index in [2.05, 4.69) is 15.6 Å². The van der Waals surface area contributed by atoms with Gasteiger partial charge in [-0.1, -0.05) is 0 Å². The van der Waals surface area contributed by atoms with Crippen LogP contribution in [0.4, 0.5) is 20.2 Å². The molecule has 1 aliphatic carbocycles. The number of hydrogen-bond acceptors (Lipinski definition) is 11. The molecule has 330 valence electrons. The molecule has 3 aliphatic heterocycles. The van der Waals surface area contributed by atoms with Crippen molar-refractivity contribution in [2.24, 2.45) is 18.4 Å². The first-order chi connectivity index (χ1) is 30.0. The Balaban J connectivity index is 0.844. The first-order valence-corrected chi connectivity index (χ1v) is 21.4. The highest BCUT2D eigenvalue weighted by Gasteiger charge is 2.63. The molecule has 9 rings (SSSR count). The molecule has 5 aromatic rings. The van der Waals surface area contributed by atoms with Crippen LogP contribution in [0.1, 0.15) is 92.4 Å². The number of pyridine rings is 1. The smallest absolute Gasteiger partial charge is 0.329 e. The molecule has 0 radical (unpaired) electrons. The van der Waals surface area contributed by atoms with E-state index in [9.17, 15) is 29.5 Å². The van der Waals surface area contributed by atoms with Crippen LogP contribution in [0, 0.1) is 22.7 Å². The summed E-state index contributed by atoms with van der Waals surface area (Å²) in [5, 5.41) is 31.2. The average molecular weight is 865 g/mol. The van der Waals surface area contributed by atoms with Crippen molar-refractivity contribution in [3.8, 4) is 11.8 Å². The van der Waals surface area contributed by atoms with Crippen LogP contribution in [0.3, 0.4) is 0 Å². The summed E-state index contributed by atoms with van der Waals surface area (Å²) in [6.45, 7) is 4.23. The number of amides is 3. The van der Waals surface area contributed by atoms with E-state index in [-0.39, 0.29) is 61.5 Å². The van der Waals surface area contributed by atoms with Crippen molar-refractivity contribution in [1.82, 2.24) is 34.1 Å². The van der Waals surface area contributed by atoms with Gasteiger partial charge in [0.1, 0.15) is 23.5 Å². The third-order valence-electron chi connectivity index (χ3n) is 13.7. The van der Waals surface area contributed by atoms with Gasteiger partial charge in [-0.05, 0) is 95.2 Å². The molecular formula is C45H50F2N10O6. The fraction of sp³-hybridized carbons (Fsp3) is 0.489. The third kappa shape index (κ3) is 7.40. The van der Waals surface area contributed by atoms with Crippen molar-refractivity contribution >= 4 is 51.0 Å². The van der Waals surface area contributed by atoms with Crippen LogP contribution in [0.5, 0.6) is 5.75 Å². The van der Waals surface area contributed by atoms with Gasteiger partial charge in [0.05, 0.1) is 58.4 Å². The van der Waals surface area contributed by atoms with E-state index in [0.29, 0.717) is 58.7 Å². The van der Waals surface area contributed by atoms with Gasteiger partial charge >= 0.3 is 5.69 Å². The van der Waals surface area contributed by atoms with Crippen LogP contribution in [0.15, 0.2) is 53.7 Å². The molecule has 3 amide bonds. The van der Waals surface area contributed by atoms with Crippen molar-refractivity contribution in [2.45, 2.75) is 82.4 Å². The number of nitrogens with one attached hydrogen (secondary N) is 2. The average Bonchev–Trinajstić information content (AvgIpc) is 3.76. The molecule has 3 aromatic heterocycles. The van der Waals surface area contributed by atoms with Gasteiger partial charge < -0.3 is 20.1 Å². The zero-order valence-electron chi connectivity index (χ0n) is 35.7. The Morgan fingerprint density at radius 1 is 1.08 bits per heavy atom. The standard InChI is InChI=1S/C45H50F2N10O6/c1-43(2,62)31-17-32-29(16-33(31)50-40(59)28-15-27(18-48)19-49-20-28)22-56(52-32)30-7-5-26(6-8-30)21-54-14-13-44(45(46,47)25-54)23-55(24-44)39-36(63-4)11-9-34-38(39)53(3)42(61)57(34)35-10-12-37(58)51-41(35)60/h9,11,15-17,19-20,22,26,30,35,62H,5-8,10,12-14,21,23-25H2,1-4H3,(H,50,59)(H,51,58,60)/t26?,30?,35-/m0/s1. The first kappa shape index (κ1) is 42.1. The number of nitrogens with zero attached hydrogens (tertiary/aromatic N) is 8. The Morgan fingerprint density at radius 3 is 2.52 bits per heavy atom. The van der Waals surface area contributed by atoms with E-state index in [1.165, 1.54) is 34.7 Å². The summed E-state index contributed by atoms with van der Waals surface area (Å²) in [4.78, 5) is 59.2. The van der Waals surface area contributed by atoms with Crippen LogP contribution >= 0.6 is 0 Å². The summed E-state index contributed by atoms with van der Waals surface area (Å²) >= 11 is 0. The molecule has 1 atom stereocenters. The number of ether oxygens (including phenoxy) is 1. The molecule has 1 spiro atoms. The van der Waals surface area contributed by atoms with Gasteiger partial charge in [0, 0.05) is 68.3 Å². The number of piperidine rings is 2. The molecule has 0 unspecified atom stereocenters. The van der Waals surface area contributed by atoms with E-state index < -0.39 is 40.5 Å². The molecule has 16 nitrogen and oxygen atoms in total. The highest BCUT2D eigenvalue weighted by Crippen LogP contribution is 2.54. The number of benzene rings is 2. The Kier molecular flexibility index (Phi) is 10.4. The van der Waals surface area contributed by atoms with Gasteiger partial charge in [-0.25, -0.2) is 13.6 Å². The number of imidazole rings is 1. The topological polar surface area (TPSA) is 193 Å². The van der Waals surface area contributed by atoms with Crippen LogP contribution < -0.4 is 26.0 Å². The van der Waals surface area contributed by atoms with E-state index >= 15 is 8.78 Å². The molecule has 3 saturated heterocycles. The summed E-state index contributed by atoms with van der Waals surface area (Å²) in [5.41, 5.74) is 0.572. The molecule has 1 saturated carbocycles. The number of carbonyl (C=O) groups excluding carboxylic acids is 3. The number of nitriles is 1. The maximum atomic E-state index is 16.4. The number of aromatic nitrogens is 5. The monoisotopic (exact) mass is 864 g/mol. The van der Waals surface area contributed by atoms with Crippen molar-refractivity contribution in [2.75, 3.05) is 50.1 Å². The van der Waals surface area contributed by atoms with E-state index in [1.54, 1.807) is 45.2 Å². The zero-order valence-corrected chi connectivity index (χ0v) is 35.7. The molecule has 0 bridgehead atoms. The second-order valence-electron chi connectivity index (χ2n) is 18.3. The van der Waals surface area contributed by atoms with Gasteiger partial charge in [0.25, 0.3) is 11.8 Å². The number of anilines is 2. The zero-order chi connectivity index (χ0) is 44.6. The molecule has 3 N–H and O–H groups in total. The molecule has 18 heteroatoms. The highest BCUT2D eigenvalue weighted by atomic mass is 19.3. The van der Waals surface area contributed by atoms with Crippen LogP contribution in [-0.4, -0.2) is 97.4 Å². The Hall–Kier alpha value is -6.19. The third-order valence-corrected chi connectivity index (χ3v) is 13.7. The van der Waals surface area contributed by atoms with Gasteiger partial charge in [0.2, 0.25) is 11.8 Å². The number of likely N-dealkylation sites (tertiary alicyclic amines) is 1. The van der Waals surface area contributed by atoms with Crippen molar-refractivity contribution in [1.29, 1.82) is 5.26 Å². The largest absolute Gasteiger partial charge is 0.494 e. The highest BCUT2D eigenvalue weighted by molar-refractivity contribution is 6.06. The molecular weight excluding hydrogens is 815 g/mol. The van der Waals surface area contributed by atoms with Crippen molar-refractivity contribution < 1.29 is 33.0 Å². The number of rotatable bonds is 9. The summed E-state index contributed by atoms with van der Waals surface area (Å²) in [6.07, 6.45) is 8.67. The SMILES string of the molecule is COc1ccc2c(c1N1CC3(CCN(CC4CCC(n5cc6cc(NC(=O)c7cncc(C#N)c7)c(C(C)(C)O)cc6n5)CC4)CC3(F)F)C1)n(C)c(=O)n2[C@H]1CCC(=O)NC1=O. The minimum absolute atomic E-state index is 0.0866. The number of hydrogen-bond donors (Lipinski definition) is 3. The van der Waals surface area contributed by atoms with E-state index in [4.69, 9.17) is 9.84 Å². The van der Waals surface area contributed by atoms with Crippen molar-refractivity contribution in [3.05, 3.63) is 76.1 Å². The quantitative estimate of drug-likeness (QED) is 0.169. The predicted molar refractivity (Wildman–Crippen MR) is 229 cm³/mol. The molecule has 4 aliphatic rings. The number of methoxy groups -OCH3 is 1. The van der Waals surface area contributed by atoms with Crippen molar-refractivity contribution in [3.63, 3.8) is 0 Å². The van der Waals surface area contributed by atoms with Gasteiger partial charge in [0.15, 0.2) is 0 Å². The fourth-order valence-corrected chi connectivity index (χ4v) is 10.3. The second-order valence-corrected chi connectivity index (χ2v) is 18.3. The number of aliphatic hydroxyl groups is 1. The lowest BCUT2D eigenvalue weighted by atomic mass is 9.68. The Labute approximate surface area is 361 Å². The van der Waals surface area contributed by atoms with Gasteiger partial charge in [-0.15, -0.1) is 0 Å². The maximum absolute atomic E-state index is 16.4. The second kappa shape index (κ2) is 15.6. The molecule has 63 heavy (non-hydrogen) atoms. The normalized spacial score (nSPS) is 22.5. The summed E-state index contributed by atoms with van der Waals surface area (Å²) < 4.78 is 43.2. The molecule has 2 aromatic carbocycles. The lowest BCUT2D eigenvalue weighted by molar-refractivity contribution is -0.181. The predicted octanol–water partition coefficient (Wildman–Crippen LogP) is 5.00. The fourth-order valence-electron chi connectivity index (χ4n) is 10.3. The summed E-state index contributed by atoms with van der Waals surface area (Å²) in [6, 6.07) is 9.63. The Bertz CT molecular complexity index is 2770. The maximum Gasteiger partial charge on any atom is 0.329 e. The number of alkyl halides is 2. The summed E-state index contributed by atoms with van der Waals surface area (Å²) in [5.74, 6) is -3.66. The number of aryl methyl sites for hydroxylation is 1. The first-order valence-electron chi connectivity index (χ1n) is 21.4. The van der Waals surface area contributed by atoms with E-state index in [1.807, 2.05) is 26.7 Å². The van der Waals surface area contributed by atoms with Crippen LogP contribution in [-0.2, 0) is 22.2 Å².